The fraction of sp³-hybridized carbons (Fsp3) is 0.238. The molecule has 2 rings (SSSR count). The number of amides is 3. The predicted molar refractivity (Wildman–Crippen MR) is 114 cm³/mol. The van der Waals surface area contributed by atoms with Crippen LogP contribution in [0.25, 0.3) is 0 Å². The van der Waals surface area contributed by atoms with Crippen molar-refractivity contribution in [3.05, 3.63) is 64.7 Å². The standard InChI is InChI=1S/C21H23ClN4O4/c1-13(2)19(25-20(28)16-8-3-4-9-17(16)22)21(29)26-24-11-14-6-5-7-15(10-14)30-12-18(23)27/h3-11,13,19H,12H2,1-2H3,(H2,23,27)(H,25,28)(H,26,29). The van der Waals surface area contributed by atoms with Crippen LogP contribution in [-0.4, -0.2) is 36.6 Å². The number of hydrogen-bond acceptors (Lipinski definition) is 5. The van der Waals surface area contributed by atoms with E-state index in [0.717, 1.165) is 0 Å². The van der Waals surface area contributed by atoms with E-state index < -0.39 is 23.8 Å². The lowest BCUT2D eigenvalue weighted by molar-refractivity contribution is -0.124. The summed E-state index contributed by atoms with van der Waals surface area (Å²) < 4.78 is 5.22. The normalized spacial score (nSPS) is 11.9. The van der Waals surface area contributed by atoms with E-state index in [1.54, 1.807) is 62.4 Å². The minimum atomic E-state index is -0.809. The Bertz CT molecular complexity index is 946. The number of rotatable bonds is 9. The van der Waals surface area contributed by atoms with E-state index in [9.17, 15) is 14.4 Å². The van der Waals surface area contributed by atoms with E-state index in [2.05, 4.69) is 15.8 Å². The molecule has 1 atom stereocenters. The van der Waals surface area contributed by atoms with Crippen LogP contribution in [-0.2, 0) is 9.59 Å². The van der Waals surface area contributed by atoms with Crippen LogP contribution in [0, 0.1) is 5.92 Å². The van der Waals surface area contributed by atoms with Crippen LogP contribution in [0.1, 0.15) is 29.8 Å². The predicted octanol–water partition coefficient (Wildman–Crippen LogP) is 2.11. The van der Waals surface area contributed by atoms with Gasteiger partial charge in [-0.3, -0.25) is 14.4 Å². The fourth-order valence-corrected chi connectivity index (χ4v) is 2.70. The van der Waals surface area contributed by atoms with E-state index in [1.165, 1.54) is 6.21 Å². The monoisotopic (exact) mass is 430 g/mol. The van der Waals surface area contributed by atoms with Gasteiger partial charge in [0.25, 0.3) is 17.7 Å². The third-order valence-electron chi connectivity index (χ3n) is 3.98. The maximum absolute atomic E-state index is 12.5. The first-order valence-corrected chi connectivity index (χ1v) is 9.55. The molecule has 1 unspecified atom stereocenters. The van der Waals surface area contributed by atoms with Gasteiger partial charge in [-0.05, 0) is 35.7 Å². The van der Waals surface area contributed by atoms with Crippen LogP contribution in [0.2, 0.25) is 5.02 Å². The van der Waals surface area contributed by atoms with Crippen LogP contribution in [0.5, 0.6) is 5.75 Å². The van der Waals surface area contributed by atoms with Gasteiger partial charge in [0.1, 0.15) is 11.8 Å². The van der Waals surface area contributed by atoms with E-state index >= 15 is 0 Å². The molecule has 9 heteroatoms. The lowest BCUT2D eigenvalue weighted by atomic mass is 10.0. The molecule has 0 aliphatic heterocycles. The minimum Gasteiger partial charge on any atom is -0.484 e. The van der Waals surface area contributed by atoms with Crippen molar-refractivity contribution in [3.63, 3.8) is 0 Å². The maximum atomic E-state index is 12.5. The van der Waals surface area contributed by atoms with Crippen molar-refractivity contribution >= 4 is 35.5 Å². The highest BCUT2D eigenvalue weighted by atomic mass is 35.5. The van der Waals surface area contributed by atoms with Gasteiger partial charge in [-0.15, -0.1) is 0 Å². The molecule has 2 aromatic carbocycles. The molecular weight excluding hydrogens is 408 g/mol. The number of ether oxygens (including phenoxy) is 1. The molecule has 0 aliphatic carbocycles. The second-order valence-corrected chi connectivity index (χ2v) is 7.14. The van der Waals surface area contributed by atoms with Crippen molar-refractivity contribution in [1.82, 2.24) is 10.7 Å². The highest BCUT2D eigenvalue weighted by molar-refractivity contribution is 6.33. The van der Waals surface area contributed by atoms with Crippen molar-refractivity contribution < 1.29 is 19.1 Å². The number of nitrogens with one attached hydrogen (secondary N) is 2. The van der Waals surface area contributed by atoms with Gasteiger partial charge in [-0.2, -0.15) is 5.10 Å². The Labute approximate surface area is 179 Å². The first-order chi connectivity index (χ1) is 14.3. The van der Waals surface area contributed by atoms with Crippen molar-refractivity contribution in [3.8, 4) is 5.75 Å². The molecule has 0 radical (unpaired) electrons. The molecule has 0 fully saturated rings. The third-order valence-corrected chi connectivity index (χ3v) is 4.31. The molecule has 0 bridgehead atoms. The molecule has 0 aliphatic rings. The van der Waals surface area contributed by atoms with Crippen molar-refractivity contribution in [2.75, 3.05) is 6.61 Å². The lowest BCUT2D eigenvalue weighted by Gasteiger charge is -2.20. The first-order valence-electron chi connectivity index (χ1n) is 9.17. The summed E-state index contributed by atoms with van der Waals surface area (Å²) >= 11 is 6.04. The van der Waals surface area contributed by atoms with E-state index in [0.29, 0.717) is 16.3 Å². The zero-order chi connectivity index (χ0) is 22.1. The maximum Gasteiger partial charge on any atom is 0.262 e. The van der Waals surface area contributed by atoms with E-state index in [1.807, 2.05) is 0 Å². The van der Waals surface area contributed by atoms with Crippen LogP contribution in [0.4, 0.5) is 0 Å². The molecule has 0 saturated heterocycles. The number of carbonyl (C=O) groups is 3. The Morgan fingerprint density at radius 1 is 1.17 bits per heavy atom. The third kappa shape index (κ3) is 6.89. The zero-order valence-corrected chi connectivity index (χ0v) is 17.3. The summed E-state index contributed by atoms with van der Waals surface area (Å²) in [6, 6.07) is 12.5. The second-order valence-electron chi connectivity index (χ2n) is 6.74. The molecule has 0 heterocycles. The molecule has 158 valence electrons. The molecule has 30 heavy (non-hydrogen) atoms. The van der Waals surface area contributed by atoms with Gasteiger partial charge in [0.2, 0.25) is 0 Å². The van der Waals surface area contributed by atoms with Crippen LogP contribution >= 0.6 is 11.6 Å². The molecule has 3 amide bonds. The van der Waals surface area contributed by atoms with Gasteiger partial charge in [0, 0.05) is 0 Å². The van der Waals surface area contributed by atoms with Gasteiger partial charge in [0.15, 0.2) is 6.61 Å². The molecule has 0 saturated carbocycles. The summed E-state index contributed by atoms with van der Waals surface area (Å²) in [4.78, 5) is 35.8. The van der Waals surface area contributed by atoms with Crippen molar-refractivity contribution in [2.24, 2.45) is 16.8 Å². The van der Waals surface area contributed by atoms with Gasteiger partial charge < -0.3 is 15.8 Å². The van der Waals surface area contributed by atoms with Gasteiger partial charge >= 0.3 is 0 Å². The number of nitrogens with two attached hydrogens (primary N) is 1. The fourth-order valence-electron chi connectivity index (χ4n) is 2.48. The number of hydrogen-bond donors (Lipinski definition) is 3. The quantitative estimate of drug-likeness (QED) is 0.416. The summed E-state index contributed by atoms with van der Waals surface area (Å²) in [7, 11) is 0. The SMILES string of the molecule is CC(C)C(NC(=O)c1ccccc1Cl)C(=O)NN=Cc1cccc(OCC(N)=O)c1. The number of hydrazone groups is 1. The molecular formula is C21H23ClN4O4. The highest BCUT2D eigenvalue weighted by Gasteiger charge is 2.25. The molecule has 2 aromatic rings. The summed E-state index contributed by atoms with van der Waals surface area (Å²) in [5.41, 5.74) is 8.39. The Balaban J connectivity index is 2.00. The Kier molecular flexibility index (Phi) is 8.37. The Morgan fingerprint density at radius 3 is 2.57 bits per heavy atom. The molecule has 0 aromatic heterocycles. The molecule has 0 spiro atoms. The Hall–Kier alpha value is -3.39. The van der Waals surface area contributed by atoms with Crippen LogP contribution in [0.15, 0.2) is 53.6 Å². The second kappa shape index (κ2) is 11.0. The molecule has 8 nitrogen and oxygen atoms in total. The van der Waals surface area contributed by atoms with Crippen molar-refractivity contribution in [1.29, 1.82) is 0 Å². The average molecular weight is 431 g/mol. The smallest absolute Gasteiger partial charge is 0.262 e. The number of nitrogens with zero attached hydrogens (tertiary/aromatic N) is 1. The average Bonchev–Trinajstić information content (AvgIpc) is 2.70. The summed E-state index contributed by atoms with van der Waals surface area (Å²) in [5, 5.41) is 6.92. The minimum absolute atomic E-state index is 0.183. The summed E-state index contributed by atoms with van der Waals surface area (Å²) in [5.74, 6) is -1.24. The zero-order valence-electron chi connectivity index (χ0n) is 16.6. The largest absolute Gasteiger partial charge is 0.484 e. The van der Waals surface area contributed by atoms with E-state index in [-0.39, 0.29) is 18.1 Å². The molecule has 4 N–H and O–H groups in total. The topological polar surface area (TPSA) is 123 Å². The first kappa shape index (κ1) is 22.9. The van der Waals surface area contributed by atoms with Gasteiger partial charge in [-0.25, -0.2) is 5.43 Å². The number of halogens is 1. The van der Waals surface area contributed by atoms with Crippen LogP contribution in [0.3, 0.4) is 0 Å². The summed E-state index contributed by atoms with van der Waals surface area (Å²) in [6.07, 6.45) is 1.42. The van der Waals surface area contributed by atoms with Gasteiger partial charge in [-0.1, -0.05) is 49.7 Å². The van der Waals surface area contributed by atoms with Gasteiger partial charge in [0.05, 0.1) is 16.8 Å². The Morgan fingerprint density at radius 2 is 1.90 bits per heavy atom. The van der Waals surface area contributed by atoms with Crippen LogP contribution < -0.4 is 21.2 Å². The van der Waals surface area contributed by atoms with E-state index in [4.69, 9.17) is 22.1 Å². The number of primary amides is 1. The number of carbonyl (C=O) groups excluding carboxylic acids is 3. The van der Waals surface area contributed by atoms with Crippen molar-refractivity contribution in [2.45, 2.75) is 19.9 Å². The highest BCUT2D eigenvalue weighted by Crippen LogP contribution is 2.15. The number of benzene rings is 2. The summed E-state index contributed by atoms with van der Waals surface area (Å²) in [6.45, 7) is 3.37. The lowest BCUT2D eigenvalue weighted by Crippen LogP contribution is -2.48.